The van der Waals surface area contributed by atoms with E-state index >= 15 is 0 Å². The molecule has 0 saturated carbocycles. The van der Waals surface area contributed by atoms with Crippen molar-refractivity contribution in [3.63, 3.8) is 0 Å². The Morgan fingerprint density at radius 1 is 1.40 bits per heavy atom. The van der Waals surface area contributed by atoms with Gasteiger partial charge in [-0.3, -0.25) is 4.79 Å². The summed E-state index contributed by atoms with van der Waals surface area (Å²) in [4.78, 5) is 24.7. The number of nitrogens with one attached hydrogen (secondary N) is 1. The van der Waals surface area contributed by atoms with Gasteiger partial charge in [-0.1, -0.05) is 33.6 Å². The topological polar surface area (TPSA) is 69.6 Å². The molecule has 5 heteroatoms. The van der Waals surface area contributed by atoms with E-state index in [9.17, 15) is 14.7 Å². The molecule has 0 radical (unpaired) electrons. The summed E-state index contributed by atoms with van der Waals surface area (Å²) < 4.78 is 0. The van der Waals surface area contributed by atoms with Gasteiger partial charge in [-0.05, 0) is 18.3 Å². The number of urea groups is 1. The molecule has 5 nitrogen and oxygen atoms in total. The molecule has 20 heavy (non-hydrogen) atoms. The van der Waals surface area contributed by atoms with Gasteiger partial charge in [0.05, 0.1) is 12.5 Å². The molecule has 0 rings (SSSR count). The predicted octanol–water partition coefficient (Wildman–Crippen LogP) is 2.18. The highest BCUT2D eigenvalue weighted by molar-refractivity contribution is 5.76. The molecule has 2 N–H and O–H groups in total. The minimum absolute atomic E-state index is 0.101. The highest BCUT2D eigenvalue weighted by Gasteiger charge is 2.25. The van der Waals surface area contributed by atoms with E-state index in [2.05, 4.69) is 11.2 Å². The van der Waals surface area contributed by atoms with Crippen LogP contribution in [0.15, 0.2) is 0 Å². The summed E-state index contributed by atoms with van der Waals surface area (Å²) >= 11 is 0. The fraction of sp³-hybridized carbons (Fsp3) is 0.733. The van der Waals surface area contributed by atoms with Crippen molar-refractivity contribution in [3.8, 4) is 12.3 Å². The number of carboxylic acid groups (broad SMARTS) is 1. The maximum absolute atomic E-state index is 11.9. The van der Waals surface area contributed by atoms with Crippen LogP contribution in [0.2, 0.25) is 0 Å². The van der Waals surface area contributed by atoms with Crippen molar-refractivity contribution in [2.75, 3.05) is 19.6 Å². The third kappa shape index (κ3) is 7.67. The predicted molar refractivity (Wildman–Crippen MR) is 79.3 cm³/mol. The molecule has 0 aliphatic heterocycles. The van der Waals surface area contributed by atoms with Gasteiger partial charge in [-0.2, -0.15) is 0 Å². The van der Waals surface area contributed by atoms with E-state index in [1.54, 1.807) is 0 Å². The van der Waals surface area contributed by atoms with Crippen LogP contribution in [0.25, 0.3) is 0 Å². The van der Waals surface area contributed by atoms with Gasteiger partial charge in [0, 0.05) is 13.1 Å². The first kappa shape index (κ1) is 18.3. The molecule has 0 saturated heterocycles. The molecule has 0 bridgehead atoms. The lowest BCUT2D eigenvalue weighted by atomic mass is 9.84. The Kier molecular flexibility index (Phi) is 7.75. The molecule has 0 aromatic rings. The molecule has 0 aliphatic carbocycles. The number of amides is 2. The van der Waals surface area contributed by atoms with Crippen molar-refractivity contribution in [3.05, 3.63) is 0 Å². The maximum Gasteiger partial charge on any atom is 0.318 e. The Labute approximate surface area is 121 Å². The molecule has 0 heterocycles. The number of carbonyl (C=O) groups is 2. The van der Waals surface area contributed by atoms with Crippen LogP contribution in [0.5, 0.6) is 0 Å². The summed E-state index contributed by atoms with van der Waals surface area (Å²) in [5, 5.41) is 11.9. The van der Waals surface area contributed by atoms with E-state index in [1.807, 2.05) is 27.7 Å². The largest absolute Gasteiger partial charge is 0.481 e. The first-order valence-corrected chi connectivity index (χ1v) is 6.90. The van der Waals surface area contributed by atoms with Gasteiger partial charge in [0.15, 0.2) is 0 Å². The Morgan fingerprint density at radius 2 is 2.00 bits per heavy atom. The zero-order valence-electron chi connectivity index (χ0n) is 12.9. The normalized spacial score (nSPS) is 12.3. The van der Waals surface area contributed by atoms with Crippen LogP contribution in [-0.4, -0.2) is 41.6 Å². The molecule has 1 unspecified atom stereocenters. The van der Waals surface area contributed by atoms with Gasteiger partial charge < -0.3 is 15.3 Å². The summed E-state index contributed by atoms with van der Waals surface area (Å²) in [7, 11) is 0. The number of hydrogen-bond acceptors (Lipinski definition) is 2. The smallest absolute Gasteiger partial charge is 0.318 e. The van der Waals surface area contributed by atoms with Crippen LogP contribution in [-0.2, 0) is 4.79 Å². The van der Waals surface area contributed by atoms with Gasteiger partial charge in [0.25, 0.3) is 0 Å². The van der Waals surface area contributed by atoms with Crippen LogP contribution < -0.4 is 5.32 Å². The number of rotatable bonds is 7. The van der Waals surface area contributed by atoms with Crippen LogP contribution in [0, 0.1) is 23.7 Å². The number of nitrogens with zero attached hydrogens (tertiary/aromatic N) is 1. The third-order valence-corrected chi connectivity index (χ3v) is 2.77. The molecule has 0 aromatic heterocycles. The fourth-order valence-electron chi connectivity index (χ4n) is 1.94. The van der Waals surface area contributed by atoms with Crippen LogP contribution >= 0.6 is 0 Å². The van der Waals surface area contributed by atoms with Crippen molar-refractivity contribution >= 4 is 12.0 Å². The molecular weight excluding hydrogens is 256 g/mol. The van der Waals surface area contributed by atoms with E-state index in [0.29, 0.717) is 13.0 Å². The fourth-order valence-corrected chi connectivity index (χ4v) is 1.94. The molecule has 0 spiro atoms. The number of carboxylic acids is 1. The Hall–Kier alpha value is -1.70. The number of hydrogen-bond donors (Lipinski definition) is 2. The molecule has 1 atom stereocenters. The van der Waals surface area contributed by atoms with Crippen molar-refractivity contribution in [1.82, 2.24) is 10.2 Å². The average Bonchev–Trinajstić information content (AvgIpc) is 2.32. The molecule has 0 aromatic carbocycles. The second kappa shape index (κ2) is 8.47. The highest BCUT2D eigenvalue weighted by atomic mass is 16.4. The monoisotopic (exact) mass is 282 g/mol. The highest BCUT2D eigenvalue weighted by Crippen LogP contribution is 2.24. The van der Waals surface area contributed by atoms with Gasteiger partial charge in [-0.15, -0.1) is 6.42 Å². The zero-order valence-corrected chi connectivity index (χ0v) is 12.9. The summed E-state index contributed by atoms with van der Waals surface area (Å²) in [6, 6.07) is -0.301. The van der Waals surface area contributed by atoms with Crippen molar-refractivity contribution in [2.45, 2.75) is 40.5 Å². The van der Waals surface area contributed by atoms with Crippen molar-refractivity contribution < 1.29 is 14.7 Å². The summed E-state index contributed by atoms with van der Waals surface area (Å²) in [5.74, 6) is 0.952. The standard InChI is InChI=1S/C15H26N2O3/c1-6-8-17(9-7-2)14(20)16-11-12(13(18)19)10-15(3,4)5/h1,12H,7-11H2,2-5H3,(H,16,20)(H,18,19). The maximum atomic E-state index is 11.9. The van der Waals surface area contributed by atoms with E-state index in [1.165, 1.54) is 4.90 Å². The lowest BCUT2D eigenvalue weighted by molar-refractivity contribution is -0.142. The number of aliphatic carboxylic acids is 1. The summed E-state index contributed by atoms with van der Waals surface area (Å²) in [6.45, 7) is 8.81. The van der Waals surface area contributed by atoms with Crippen LogP contribution in [0.1, 0.15) is 40.5 Å². The van der Waals surface area contributed by atoms with E-state index in [0.717, 1.165) is 6.42 Å². The Balaban J connectivity index is 4.50. The Bertz CT molecular complexity index is 366. The van der Waals surface area contributed by atoms with Crippen molar-refractivity contribution in [2.24, 2.45) is 11.3 Å². The lowest BCUT2D eigenvalue weighted by Gasteiger charge is -2.25. The van der Waals surface area contributed by atoms with E-state index in [-0.39, 0.29) is 24.5 Å². The first-order chi connectivity index (χ1) is 9.21. The van der Waals surface area contributed by atoms with Crippen molar-refractivity contribution in [1.29, 1.82) is 0 Å². The minimum atomic E-state index is -0.890. The van der Waals surface area contributed by atoms with E-state index < -0.39 is 11.9 Å². The van der Waals surface area contributed by atoms with Gasteiger partial charge in [-0.25, -0.2) is 4.79 Å². The Morgan fingerprint density at radius 3 is 2.40 bits per heavy atom. The number of terminal acetylenes is 1. The van der Waals surface area contributed by atoms with Crippen LogP contribution in [0.4, 0.5) is 4.79 Å². The molecule has 114 valence electrons. The molecular formula is C15H26N2O3. The zero-order chi connectivity index (χ0) is 15.8. The first-order valence-electron chi connectivity index (χ1n) is 6.90. The second-order valence-corrected chi connectivity index (χ2v) is 6.11. The van der Waals surface area contributed by atoms with E-state index in [4.69, 9.17) is 6.42 Å². The second-order valence-electron chi connectivity index (χ2n) is 6.11. The third-order valence-electron chi connectivity index (χ3n) is 2.77. The lowest BCUT2D eigenvalue weighted by Crippen LogP contribution is -2.44. The molecule has 0 fully saturated rings. The number of carbonyl (C=O) groups excluding carboxylic acids is 1. The summed E-state index contributed by atoms with van der Waals surface area (Å²) in [5.41, 5.74) is -0.101. The van der Waals surface area contributed by atoms with Crippen LogP contribution in [0.3, 0.4) is 0 Å². The minimum Gasteiger partial charge on any atom is -0.481 e. The van der Waals surface area contributed by atoms with Gasteiger partial charge >= 0.3 is 12.0 Å². The SMILES string of the molecule is C#CCN(CCC)C(=O)NCC(CC(C)(C)C)C(=O)O. The molecule has 2 amide bonds. The quantitative estimate of drug-likeness (QED) is 0.703. The summed E-state index contributed by atoms with van der Waals surface area (Å²) in [6.07, 6.45) is 6.53. The van der Waals surface area contributed by atoms with Gasteiger partial charge in [0.2, 0.25) is 0 Å². The average molecular weight is 282 g/mol. The molecule has 0 aliphatic rings. The van der Waals surface area contributed by atoms with Gasteiger partial charge in [0.1, 0.15) is 0 Å².